The molecule has 1 aliphatic carbocycles. The van der Waals surface area contributed by atoms with E-state index >= 15 is 0 Å². The smallest absolute Gasteiger partial charge is 0.312 e. The molecule has 112 valence electrons. The first kappa shape index (κ1) is 14.2. The largest absolute Gasteiger partial charge is 0.483 e. The molecule has 1 fully saturated rings. The van der Waals surface area contributed by atoms with E-state index in [4.69, 9.17) is 10.5 Å². The minimum Gasteiger partial charge on any atom is -0.483 e. The number of aryl methyl sites for hydroxylation is 1. The summed E-state index contributed by atoms with van der Waals surface area (Å²) in [4.78, 5) is 15.3. The zero-order valence-electron chi connectivity index (χ0n) is 11.7. The first-order valence-corrected chi connectivity index (χ1v) is 7.82. The molecule has 0 radical (unpaired) electrons. The molecule has 7 heteroatoms. The molecule has 1 heterocycles. The van der Waals surface area contributed by atoms with E-state index in [1.54, 1.807) is 12.1 Å². The van der Waals surface area contributed by atoms with Crippen molar-refractivity contribution in [1.29, 1.82) is 0 Å². The number of nitrogens with two attached hydrogens (primary N) is 1. The molecule has 0 aliphatic heterocycles. The lowest BCUT2D eigenvalue weighted by molar-refractivity contribution is -0.385. The van der Waals surface area contributed by atoms with E-state index in [1.165, 1.54) is 11.3 Å². The van der Waals surface area contributed by atoms with Crippen LogP contribution in [0.15, 0.2) is 12.1 Å². The molecule has 1 aromatic heterocycles. The quantitative estimate of drug-likeness (QED) is 0.692. The third-order valence-electron chi connectivity index (χ3n) is 3.94. The van der Waals surface area contributed by atoms with Crippen molar-refractivity contribution in [3.63, 3.8) is 0 Å². The number of fused-ring (bicyclic) bond motifs is 1. The SMILES string of the molecule is Cc1nc2cc(OC3CCCC3CN)c([N+](=O)[O-])cc2s1. The van der Waals surface area contributed by atoms with Crippen LogP contribution in [0, 0.1) is 23.0 Å². The number of hydrogen-bond acceptors (Lipinski definition) is 6. The van der Waals surface area contributed by atoms with Crippen LogP contribution >= 0.6 is 11.3 Å². The van der Waals surface area contributed by atoms with Crippen molar-refractivity contribution in [2.75, 3.05) is 6.54 Å². The molecule has 21 heavy (non-hydrogen) atoms. The molecular formula is C14H17N3O3S. The number of aromatic nitrogens is 1. The van der Waals surface area contributed by atoms with Gasteiger partial charge in [0.1, 0.15) is 6.10 Å². The van der Waals surface area contributed by atoms with Crippen molar-refractivity contribution in [1.82, 2.24) is 4.98 Å². The molecule has 1 aromatic carbocycles. The van der Waals surface area contributed by atoms with E-state index < -0.39 is 4.92 Å². The Labute approximate surface area is 126 Å². The van der Waals surface area contributed by atoms with Gasteiger partial charge < -0.3 is 10.5 Å². The molecule has 0 amide bonds. The highest BCUT2D eigenvalue weighted by Crippen LogP contribution is 2.37. The summed E-state index contributed by atoms with van der Waals surface area (Å²) in [5.74, 6) is 0.584. The Hall–Kier alpha value is -1.73. The fraction of sp³-hybridized carbons (Fsp3) is 0.500. The molecule has 2 atom stereocenters. The second kappa shape index (κ2) is 5.57. The molecule has 0 saturated heterocycles. The first-order chi connectivity index (χ1) is 10.1. The molecule has 1 saturated carbocycles. The Morgan fingerprint density at radius 3 is 3.05 bits per heavy atom. The van der Waals surface area contributed by atoms with Gasteiger partial charge in [-0.1, -0.05) is 0 Å². The number of thiazole rings is 1. The number of nitro groups is 1. The van der Waals surface area contributed by atoms with E-state index in [0.717, 1.165) is 34.5 Å². The number of hydrogen-bond donors (Lipinski definition) is 1. The maximum Gasteiger partial charge on any atom is 0.312 e. The standard InChI is InChI=1S/C14H17N3O3S/c1-8-16-10-5-13(11(17(18)19)6-14(10)21-8)20-12-4-2-3-9(12)7-15/h5-6,9,12H,2-4,7,15H2,1H3. The van der Waals surface area contributed by atoms with Crippen LogP contribution in [0.4, 0.5) is 5.69 Å². The van der Waals surface area contributed by atoms with Crippen LogP contribution in [0.1, 0.15) is 24.3 Å². The predicted octanol–water partition coefficient (Wildman–Crippen LogP) is 3.02. The van der Waals surface area contributed by atoms with Crippen molar-refractivity contribution >= 4 is 27.2 Å². The van der Waals surface area contributed by atoms with Crippen LogP contribution in [0.25, 0.3) is 10.2 Å². The Morgan fingerprint density at radius 1 is 1.52 bits per heavy atom. The summed E-state index contributed by atoms with van der Waals surface area (Å²) in [5, 5.41) is 12.2. The number of nitro benzene ring substituents is 1. The lowest BCUT2D eigenvalue weighted by Gasteiger charge is -2.19. The number of ether oxygens (including phenoxy) is 1. The maximum atomic E-state index is 11.3. The van der Waals surface area contributed by atoms with Gasteiger partial charge in [0, 0.05) is 18.1 Å². The van der Waals surface area contributed by atoms with Gasteiger partial charge in [0.2, 0.25) is 0 Å². The lowest BCUT2D eigenvalue weighted by Crippen LogP contribution is -2.27. The molecule has 1 aliphatic rings. The summed E-state index contributed by atoms with van der Waals surface area (Å²) in [6, 6.07) is 3.24. The summed E-state index contributed by atoms with van der Waals surface area (Å²) < 4.78 is 6.74. The maximum absolute atomic E-state index is 11.3. The van der Waals surface area contributed by atoms with Gasteiger partial charge in [0.05, 0.1) is 20.1 Å². The summed E-state index contributed by atoms with van der Waals surface area (Å²) in [6.07, 6.45) is 2.93. The van der Waals surface area contributed by atoms with E-state index in [2.05, 4.69) is 4.98 Å². The Morgan fingerprint density at radius 2 is 2.33 bits per heavy atom. The molecule has 0 bridgehead atoms. The molecule has 0 spiro atoms. The van der Waals surface area contributed by atoms with Crippen LogP contribution in [0.5, 0.6) is 5.75 Å². The number of benzene rings is 1. The van der Waals surface area contributed by atoms with Crippen LogP contribution in [0.3, 0.4) is 0 Å². The third-order valence-corrected chi connectivity index (χ3v) is 4.88. The van der Waals surface area contributed by atoms with E-state index in [9.17, 15) is 10.1 Å². The second-order valence-electron chi connectivity index (χ2n) is 5.36. The average Bonchev–Trinajstić information content (AvgIpc) is 3.02. The van der Waals surface area contributed by atoms with E-state index in [1.807, 2.05) is 6.92 Å². The molecule has 2 unspecified atom stereocenters. The van der Waals surface area contributed by atoms with Crippen LogP contribution in [-0.4, -0.2) is 22.6 Å². The molecule has 2 N–H and O–H groups in total. The highest BCUT2D eigenvalue weighted by atomic mass is 32.1. The highest BCUT2D eigenvalue weighted by Gasteiger charge is 2.30. The van der Waals surface area contributed by atoms with Gasteiger partial charge in [-0.3, -0.25) is 10.1 Å². The average molecular weight is 307 g/mol. The lowest BCUT2D eigenvalue weighted by atomic mass is 10.1. The normalized spacial score (nSPS) is 21.8. The van der Waals surface area contributed by atoms with Gasteiger partial charge in [0.25, 0.3) is 0 Å². The van der Waals surface area contributed by atoms with Gasteiger partial charge in [-0.25, -0.2) is 4.98 Å². The zero-order valence-corrected chi connectivity index (χ0v) is 12.6. The monoisotopic (exact) mass is 307 g/mol. The van der Waals surface area contributed by atoms with Crippen molar-refractivity contribution in [2.45, 2.75) is 32.3 Å². The van der Waals surface area contributed by atoms with Gasteiger partial charge in [-0.2, -0.15) is 0 Å². The summed E-state index contributed by atoms with van der Waals surface area (Å²) in [5.41, 5.74) is 6.50. The molecule has 3 rings (SSSR count). The minimum atomic E-state index is -0.393. The van der Waals surface area contributed by atoms with Gasteiger partial charge in [-0.15, -0.1) is 11.3 Å². The number of nitrogens with zero attached hydrogens (tertiary/aromatic N) is 2. The Kier molecular flexibility index (Phi) is 3.77. The first-order valence-electron chi connectivity index (χ1n) is 7.01. The van der Waals surface area contributed by atoms with Gasteiger partial charge in [0.15, 0.2) is 5.75 Å². The fourth-order valence-corrected chi connectivity index (χ4v) is 3.73. The van der Waals surface area contributed by atoms with Crippen molar-refractivity contribution in [2.24, 2.45) is 11.7 Å². The van der Waals surface area contributed by atoms with E-state index in [0.29, 0.717) is 12.3 Å². The second-order valence-corrected chi connectivity index (χ2v) is 6.60. The summed E-state index contributed by atoms with van der Waals surface area (Å²) in [6.45, 7) is 2.44. The van der Waals surface area contributed by atoms with Crippen LogP contribution < -0.4 is 10.5 Å². The topological polar surface area (TPSA) is 91.3 Å². The van der Waals surface area contributed by atoms with Crippen LogP contribution in [0.2, 0.25) is 0 Å². The molecular weight excluding hydrogens is 290 g/mol. The van der Waals surface area contributed by atoms with Crippen LogP contribution in [-0.2, 0) is 0 Å². The van der Waals surface area contributed by atoms with Crippen molar-refractivity contribution in [3.8, 4) is 5.75 Å². The number of rotatable bonds is 4. The zero-order chi connectivity index (χ0) is 15.0. The van der Waals surface area contributed by atoms with Crippen molar-refractivity contribution < 1.29 is 9.66 Å². The van der Waals surface area contributed by atoms with Gasteiger partial charge in [-0.05, 0) is 32.7 Å². The van der Waals surface area contributed by atoms with E-state index in [-0.39, 0.29) is 17.7 Å². The Bertz CT molecular complexity index is 685. The van der Waals surface area contributed by atoms with Crippen molar-refractivity contribution in [3.05, 3.63) is 27.3 Å². The summed E-state index contributed by atoms with van der Waals surface area (Å²) >= 11 is 1.45. The third kappa shape index (κ3) is 2.71. The fourth-order valence-electron chi connectivity index (χ4n) is 2.89. The summed E-state index contributed by atoms with van der Waals surface area (Å²) in [7, 11) is 0. The highest BCUT2D eigenvalue weighted by molar-refractivity contribution is 7.18. The molecule has 2 aromatic rings. The minimum absolute atomic E-state index is 0.00817. The van der Waals surface area contributed by atoms with Gasteiger partial charge >= 0.3 is 5.69 Å². The molecule has 6 nitrogen and oxygen atoms in total. The predicted molar refractivity (Wildman–Crippen MR) is 81.8 cm³/mol. The Balaban J connectivity index is 1.99.